The summed E-state index contributed by atoms with van der Waals surface area (Å²) < 4.78 is 14.8. The van der Waals surface area contributed by atoms with Crippen LogP contribution in [0.15, 0.2) is 12.2 Å². The third-order valence-electron chi connectivity index (χ3n) is 3.90. The van der Waals surface area contributed by atoms with Crippen molar-refractivity contribution in [2.45, 2.75) is 82.8 Å². The Labute approximate surface area is 152 Å². The van der Waals surface area contributed by atoms with Crippen LogP contribution in [0.2, 0.25) is 0 Å². The molecule has 2 atom stereocenters. The molecule has 146 valence electrons. The first-order chi connectivity index (χ1) is 11.9. The van der Waals surface area contributed by atoms with Crippen LogP contribution in [0.4, 0.5) is 0 Å². The van der Waals surface area contributed by atoms with Gasteiger partial charge in [0.1, 0.15) is 0 Å². The first-order valence-corrected chi connectivity index (χ1v) is 10.6. The predicted molar refractivity (Wildman–Crippen MR) is 101 cm³/mol. The summed E-state index contributed by atoms with van der Waals surface area (Å²) in [7, 11) is -4.54. The van der Waals surface area contributed by atoms with Crippen molar-refractivity contribution < 1.29 is 24.0 Å². The Balaban J connectivity index is 3.47. The third kappa shape index (κ3) is 17.9. The summed E-state index contributed by atoms with van der Waals surface area (Å²) in [5.74, 6) is 2.66. The molecule has 0 spiro atoms. The van der Waals surface area contributed by atoms with E-state index in [2.05, 4.69) is 10.4 Å². The van der Waals surface area contributed by atoms with Gasteiger partial charge < -0.3 is 20.6 Å². The van der Waals surface area contributed by atoms with Gasteiger partial charge in [-0.05, 0) is 19.3 Å². The van der Waals surface area contributed by atoms with Gasteiger partial charge in [0, 0.05) is 6.42 Å². The maximum absolute atomic E-state index is 10.6. The van der Waals surface area contributed by atoms with Crippen LogP contribution in [0.1, 0.15) is 70.6 Å². The molecule has 0 saturated heterocycles. The van der Waals surface area contributed by atoms with Crippen molar-refractivity contribution in [1.82, 2.24) is 0 Å². The second kappa shape index (κ2) is 15.6. The third-order valence-corrected chi connectivity index (χ3v) is 4.38. The van der Waals surface area contributed by atoms with E-state index in [0.717, 1.165) is 32.1 Å². The molecule has 0 fully saturated rings. The SMILES string of the molecule is C#CCCCCCCCCCCC/C=C/[C@@H](O)[C@@H](N)COP(=O)(O)O. The van der Waals surface area contributed by atoms with E-state index in [4.69, 9.17) is 21.9 Å². The van der Waals surface area contributed by atoms with Gasteiger partial charge in [0.15, 0.2) is 0 Å². The van der Waals surface area contributed by atoms with Crippen LogP contribution >= 0.6 is 7.82 Å². The number of aliphatic hydroxyl groups is 1. The molecule has 0 rings (SSSR count). The van der Waals surface area contributed by atoms with E-state index in [0.29, 0.717) is 0 Å². The van der Waals surface area contributed by atoms with Gasteiger partial charge >= 0.3 is 7.82 Å². The molecule has 0 aromatic carbocycles. The fraction of sp³-hybridized carbons (Fsp3) is 0.778. The van der Waals surface area contributed by atoms with Crippen molar-refractivity contribution in [3.63, 3.8) is 0 Å². The van der Waals surface area contributed by atoms with Crippen molar-refractivity contribution in [2.75, 3.05) is 6.61 Å². The van der Waals surface area contributed by atoms with Gasteiger partial charge in [-0.15, -0.1) is 12.3 Å². The fourth-order valence-corrected chi connectivity index (χ4v) is 2.75. The van der Waals surface area contributed by atoms with Gasteiger partial charge in [-0.25, -0.2) is 4.57 Å². The molecule has 7 heteroatoms. The summed E-state index contributed by atoms with van der Waals surface area (Å²) in [6.45, 7) is -0.390. The number of phosphoric ester groups is 1. The molecule has 25 heavy (non-hydrogen) atoms. The number of allylic oxidation sites excluding steroid dienone is 1. The molecule has 0 heterocycles. The van der Waals surface area contributed by atoms with Crippen LogP contribution in [0.5, 0.6) is 0 Å². The summed E-state index contributed by atoms with van der Waals surface area (Å²) in [5, 5.41) is 9.74. The number of terminal acetylenes is 1. The Bertz CT molecular complexity index is 430. The number of unbranched alkanes of at least 4 members (excludes halogenated alkanes) is 10. The van der Waals surface area contributed by atoms with E-state index in [1.165, 1.54) is 38.5 Å². The maximum atomic E-state index is 10.6. The molecule has 0 aliphatic heterocycles. The van der Waals surface area contributed by atoms with Crippen molar-refractivity contribution in [1.29, 1.82) is 0 Å². The summed E-state index contributed by atoms with van der Waals surface area (Å²) in [4.78, 5) is 17.1. The number of hydrogen-bond donors (Lipinski definition) is 4. The Morgan fingerprint density at radius 2 is 1.56 bits per heavy atom. The molecule has 0 unspecified atom stereocenters. The largest absolute Gasteiger partial charge is 0.469 e. The summed E-state index contributed by atoms with van der Waals surface area (Å²) in [6, 6.07) is -0.857. The zero-order valence-corrected chi connectivity index (χ0v) is 15.9. The molecule has 0 aromatic heterocycles. The van der Waals surface area contributed by atoms with E-state index in [9.17, 15) is 9.67 Å². The normalized spacial score (nSPS) is 14.5. The van der Waals surface area contributed by atoms with Gasteiger partial charge in [0.25, 0.3) is 0 Å². The van der Waals surface area contributed by atoms with Crippen LogP contribution < -0.4 is 5.73 Å². The number of nitrogens with two attached hydrogens (primary N) is 1. The van der Waals surface area contributed by atoms with Crippen LogP contribution in [-0.4, -0.2) is 33.6 Å². The average molecular weight is 375 g/mol. The fourth-order valence-electron chi connectivity index (χ4n) is 2.39. The molecule has 0 bridgehead atoms. The monoisotopic (exact) mass is 375 g/mol. The summed E-state index contributed by atoms with van der Waals surface area (Å²) in [5.41, 5.74) is 5.59. The minimum Gasteiger partial charge on any atom is -0.387 e. The highest BCUT2D eigenvalue weighted by Crippen LogP contribution is 2.35. The van der Waals surface area contributed by atoms with E-state index in [1.54, 1.807) is 6.08 Å². The highest BCUT2D eigenvalue weighted by molar-refractivity contribution is 7.46. The van der Waals surface area contributed by atoms with E-state index < -0.39 is 26.6 Å². The first kappa shape index (κ1) is 24.3. The van der Waals surface area contributed by atoms with Gasteiger partial charge in [-0.2, -0.15) is 0 Å². The lowest BCUT2D eigenvalue weighted by Crippen LogP contribution is -2.37. The van der Waals surface area contributed by atoms with Gasteiger partial charge in [0.2, 0.25) is 0 Å². The lowest BCUT2D eigenvalue weighted by Gasteiger charge is -2.15. The van der Waals surface area contributed by atoms with Gasteiger partial charge in [0.05, 0.1) is 18.8 Å². The Morgan fingerprint density at radius 1 is 1.04 bits per heavy atom. The molecule has 6 nitrogen and oxygen atoms in total. The average Bonchev–Trinajstić information content (AvgIpc) is 2.56. The van der Waals surface area contributed by atoms with Gasteiger partial charge in [-0.3, -0.25) is 4.52 Å². The molecule has 0 saturated carbocycles. The maximum Gasteiger partial charge on any atom is 0.469 e. The quantitative estimate of drug-likeness (QED) is 0.143. The molecular weight excluding hydrogens is 341 g/mol. The Morgan fingerprint density at radius 3 is 2.08 bits per heavy atom. The summed E-state index contributed by atoms with van der Waals surface area (Å²) >= 11 is 0. The Hall–Kier alpha value is -0.670. The van der Waals surface area contributed by atoms with Crippen LogP contribution in [0.25, 0.3) is 0 Å². The number of aliphatic hydroxyl groups excluding tert-OH is 1. The lowest BCUT2D eigenvalue weighted by molar-refractivity contribution is 0.129. The van der Waals surface area contributed by atoms with Gasteiger partial charge in [-0.1, -0.05) is 57.1 Å². The van der Waals surface area contributed by atoms with Crippen molar-refractivity contribution >= 4 is 7.82 Å². The lowest BCUT2D eigenvalue weighted by atomic mass is 10.1. The van der Waals surface area contributed by atoms with E-state index in [1.807, 2.05) is 6.08 Å². The molecular formula is C18H34NO5P. The number of hydrogen-bond acceptors (Lipinski definition) is 4. The smallest absolute Gasteiger partial charge is 0.387 e. The molecule has 5 N–H and O–H groups in total. The van der Waals surface area contributed by atoms with Crippen LogP contribution in [0.3, 0.4) is 0 Å². The number of rotatable bonds is 16. The minimum atomic E-state index is -4.54. The molecule has 0 aliphatic rings. The van der Waals surface area contributed by atoms with Crippen LogP contribution in [0, 0.1) is 12.3 Å². The van der Waals surface area contributed by atoms with E-state index in [-0.39, 0.29) is 0 Å². The van der Waals surface area contributed by atoms with E-state index >= 15 is 0 Å². The molecule has 0 radical (unpaired) electrons. The Kier molecular flexibility index (Phi) is 15.2. The molecule has 0 aliphatic carbocycles. The summed E-state index contributed by atoms with van der Waals surface area (Å²) in [6.07, 6.45) is 20.3. The van der Waals surface area contributed by atoms with Crippen LogP contribution in [-0.2, 0) is 9.09 Å². The first-order valence-electron chi connectivity index (χ1n) is 9.10. The second-order valence-corrected chi connectivity index (χ2v) is 7.53. The highest BCUT2D eigenvalue weighted by Gasteiger charge is 2.19. The van der Waals surface area contributed by atoms with Crippen molar-refractivity contribution in [3.8, 4) is 12.3 Å². The van der Waals surface area contributed by atoms with Crippen molar-refractivity contribution in [2.24, 2.45) is 5.73 Å². The molecule has 0 amide bonds. The van der Waals surface area contributed by atoms with Crippen molar-refractivity contribution in [3.05, 3.63) is 12.2 Å². The topological polar surface area (TPSA) is 113 Å². The standard InChI is InChI=1S/C18H34NO5P/c1-2-3-4-5-6-7-8-9-10-11-12-13-14-15-18(20)17(19)16-24-25(21,22)23/h1,14-15,17-18,20H,3-13,16,19H2,(H2,21,22,23)/b15-14+/t17-,18+/m0/s1. The second-order valence-electron chi connectivity index (χ2n) is 6.29. The molecule has 0 aromatic rings. The zero-order valence-electron chi connectivity index (χ0n) is 15.1. The highest BCUT2D eigenvalue weighted by atomic mass is 31.2. The predicted octanol–water partition coefficient (Wildman–Crippen LogP) is 3.26. The zero-order chi connectivity index (χ0) is 19.0. The number of phosphoric acid groups is 1. The minimum absolute atomic E-state index is 0.390.